The second-order valence-electron chi connectivity index (χ2n) is 13.3. The maximum Gasteiger partial charge on any atom is 0.522 e. The number of anilines is 2. The fourth-order valence-corrected chi connectivity index (χ4v) is 9.19. The topological polar surface area (TPSA) is 135 Å². The molecule has 3 N–H and O–H groups in total. The molecule has 272 valence electrons. The highest BCUT2D eigenvalue weighted by Crippen LogP contribution is 2.46. The van der Waals surface area contributed by atoms with Gasteiger partial charge in [0.2, 0.25) is 10.0 Å². The van der Waals surface area contributed by atoms with Crippen LogP contribution in [-0.4, -0.2) is 79.2 Å². The van der Waals surface area contributed by atoms with Crippen LogP contribution < -0.4 is 20.9 Å². The molecule has 2 aliphatic heterocycles. The molecule has 2 unspecified atom stereocenters. The smallest absolute Gasteiger partial charge is 0.383 e. The third-order valence-electron chi connectivity index (χ3n) is 9.67. The molecule has 0 bridgehead atoms. The molecule has 3 aromatic rings. The summed E-state index contributed by atoms with van der Waals surface area (Å²) >= 11 is 7.87. The van der Waals surface area contributed by atoms with Crippen molar-refractivity contribution in [3.8, 4) is 0 Å². The van der Waals surface area contributed by atoms with E-state index in [2.05, 4.69) is 25.0 Å². The number of sulfonamides is 1. The first-order valence-corrected chi connectivity index (χ1v) is 19.7. The Kier molecular flexibility index (Phi) is 10.6. The molecule has 1 aromatic carbocycles. The molecule has 11 nitrogen and oxygen atoms in total. The third kappa shape index (κ3) is 8.30. The monoisotopic (exact) mass is 756 g/mol. The number of nitrogens with zero attached hydrogens (tertiary/aromatic N) is 3. The number of hydrogen-bond donors (Lipinski definition) is 3. The average molecular weight is 757 g/mol. The van der Waals surface area contributed by atoms with Crippen molar-refractivity contribution < 1.29 is 31.1 Å². The fourth-order valence-electron chi connectivity index (χ4n) is 7.42. The van der Waals surface area contributed by atoms with Gasteiger partial charge in [0, 0.05) is 70.7 Å². The number of halogens is 4. The minimum atomic E-state index is -4.64. The number of alkyl halides is 3. The molecule has 17 heteroatoms. The van der Waals surface area contributed by atoms with Crippen molar-refractivity contribution in [2.24, 2.45) is 0 Å². The standard InChI is InChI=1S/C33H40ClF3N6O5S2/c1-18-14-24(30-29(39-18)26(17-49-30)31(44)41-50(3,46)47)23-15-20(34)4-6-27(23)38-10-13-43-19(2)40-28-7-5-21(16-25(28)32(43)45)42-11-8-22(9-12-42)48-33(35,36)37/h4,6,15,17-18,21-22,24,38-39H,5,7-14,16H2,1-3H3,(H,41,44)/t18?,21-,24?/m1/s1. The van der Waals surface area contributed by atoms with E-state index in [1.165, 1.54) is 11.3 Å². The van der Waals surface area contributed by atoms with Gasteiger partial charge in [0.15, 0.2) is 0 Å². The lowest BCUT2D eigenvalue weighted by Gasteiger charge is -2.39. The van der Waals surface area contributed by atoms with Gasteiger partial charge in [-0.2, -0.15) is 0 Å². The van der Waals surface area contributed by atoms with Crippen molar-refractivity contribution in [1.82, 2.24) is 19.2 Å². The van der Waals surface area contributed by atoms with Crippen molar-refractivity contribution in [2.45, 2.75) is 89.4 Å². The molecule has 3 aliphatic rings. The highest BCUT2D eigenvalue weighted by molar-refractivity contribution is 7.89. The van der Waals surface area contributed by atoms with Gasteiger partial charge >= 0.3 is 6.36 Å². The van der Waals surface area contributed by atoms with Gasteiger partial charge in [-0.25, -0.2) is 18.1 Å². The van der Waals surface area contributed by atoms with E-state index in [9.17, 15) is 31.2 Å². The molecule has 50 heavy (non-hydrogen) atoms. The van der Waals surface area contributed by atoms with Crippen LogP contribution in [0.25, 0.3) is 0 Å². The van der Waals surface area contributed by atoms with Gasteiger partial charge in [0.05, 0.1) is 29.3 Å². The Bertz CT molecular complexity index is 1930. The molecular weight excluding hydrogens is 717 g/mol. The number of nitrogens with one attached hydrogen (secondary N) is 3. The SMILES string of the molecule is Cc1nc2c(c(=O)n1CCNc1ccc(Cl)cc1C1CC(C)Nc3c(C(=O)NS(C)(=O)=O)csc31)C[C@H](N1CCC(OC(F)(F)F)CC1)CC2. The maximum absolute atomic E-state index is 13.8. The predicted octanol–water partition coefficient (Wildman–Crippen LogP) is 5.26. The molecular formula is C33H40ClF3N6O5S2. The summed E-state index contributed by atoms with van der Waals surface area (Å²) < 4.78 is 69.5. The summed E-state index contributed by atoms with van der Waals surface area (Å²) in [5.74, 6) is -0.212. The lowest BCUT2D eigenvalue weighted by atomic mass is 9.86. The van der Waals surface area contributed by atoms with Crippen molar-refractivity contribution in [2.75, 3.05) is 36.5 Å². The molecule has 0 spiro atoms. The molecule has 6 rings (SSSR count). The quantitative estimate of drug-likeness (QED) is 0.267. The zero-order valence-corrected chi connectivity index (χ0v) is 30.3. The molecule has 1 saturated heterocycles. The Balaban J connectivity index is 1.16. The lowest BCUT2D eigenvalue weighted by molar-refractivity contribution is -0.346. The second kappa shape index (κ2) is 14.4. The number of likely N-dealkylation sites (tertiary alicyclic amines) is 1. The summed E-state index contributed by atoms with van der Waals surface area (Å²) in [5, 5.41) is 9.04. The number of rotatable bonds is 9. The first-order valence-electron chi connectivity index (χ1n) is 16.6. The van der Waals surface area contributed by atoms with Crippen molar-refractivity contribution in [3.63, 3.8) is 0 Å². The van der Waals surface area contributed by atoms with Gasteiger partial charge in [-0.3, -0.25) is 23.8 Å². The van der Waals surface area contributed by atoms with E-state index in [1.54, 1.807) is 16.0 Å². The van der Waals surface area contributed by atoms with Crippen molar-refractivity contribution >= 4 is 50.2 Å². The minimum absolute atomic E-state index is 0.0232. The Morgan fingerprint density at radius 2 is 1.96 bits per heavy atom. The van der Waals surface area contributed by atoms with Gasteiger partial charge in [0.1, 0.15) is 5.82 Å². The number of hydrogen-bond acceptors (Lipinski definition) is 10. The van der Waals surface area contributed by atoms with E-state index in [-0.39, 0.29) is 29.1 Å². The molecule has 4 heterocycles. The number of ether oxygens (including phenoxy) is 1. The number of aryl methyl sites for hydroxylation is 2. The van der Waals surface area contributed by atoms with Crippen LogP contribution in [0.4, 0.5) is 24.5 Å². The molecule has 1 fully saturated rings. The minimum Gasteiger partial charge on any atom is -0.383 e. The number of piperidine rings is 1. The molecule has 1 aliphatic carbocycles. The van der Waals surface area contributed by atoms with Gasteiger partial charge in [-0.15, -0.1) is 24.5 Å². The summed E-state index contributed by atoms with van der Waals surface area (Å²) in [5.41, 5.74) is 3.97. The Labute approximate surface area is 297 Å². The van der Waals surface area contributed by atoms with E-state index < -0.39 is 28.4 Å². The zero-order valence-electron chi connectivity index (χ0n) is 27.9. The first-order chi connectivity index (χ1) is 23.6. The first kappa shape index (κ1) is 36.6. The van der Waals surface area contributed by atoms with Gasteiger partial charge in [-0.05, 0) is 76.1 Å². The maximum atomic E-state index is 13.8. The van der Waals surface area contributed by atoms with Crippen molar-refractivity contribution in [3.05, 3.63) is 72.0 Å². The summed E-state index contributed by atoms with van der Waals surface area (Å²) in [4.78, 5) is 34.5. The van der Waals surface area contributed by atoms with E-state index in [0.717, 1.165) is 34.5 Å². The van der Waals surface area contributed by atoms with Gasteiger partial charge < -0.3 is 10.6 Å². The van der Waals surface area contributed by atoms with E-state index in [4.69, 9.17) is 16.6 Å². The van der Waals surface area contributed by atoms with Crippen LogP contribution in [0, 0.1) is 6.92 Å². The van der Waals surface area contributed by atoms with Gasteiger partial charge in [0.25, 0.3) is 11.5 Å². The molecule has 1 amide bonds. The van der Waals surface area contributed by atoms with Crippen LogP contribution >= 0.6 is 22.9 Å². The van der Waals surface area contributed by atoms with E-state index in [1.807, 2.05) is 26.0 Å². The zero-order chi connectivity index (χ0) is 36.0. The third-order valence-corrected chi connectivity index (χ3v) is 11.6. The fraction of sp³-hybridized carbons (Fsp3) is 0.545. The molecule has 0 radical (unpaired) electrons. The highest BCUT2D eigenvalue weighted by atomic mass is 35.5. The Hall–Kier alpha value is -3.18. The molecule has 2 aromatic heterocycles. The summed E-state index contributed by atoms with van der Waals surface area (Å²) in [7, 11) is -3.74. The van der Waals surface area contributed by atoms with Crippen molar-refractivity contribution in [1.29, 1.82) is 0 Å². The number of benzene rings is 1. The number of thiophene rings is 1. The number of carbonyl (C=O) groups is 1. The normalized spacial score (nSPS) is 21.6. The van der Waals surface area contributed by atoms with Crippen LogP contribution in [0.1, 0.15) is 76.4 Å². The van der Waals surface area contributed by atoms with Crippen LogP contribution in [0.5, 0.6) is 0 Å². The number of fused-ring (bicyclic) bond motifs is 2. The average Bonchev–Trinajstić information content (AvgIpc) is 3.45. The highest BCUT2D eigenvalue weighted by Gasteiger charge is 2.37. The Morgan fingerprint density at radius 1 is 1.22 bits per heavy atom. The number of carbonyl (C=O) groups excluding carboxylic acids is 1. The van der Waals surface area contributed by atoms with E-state index in [0.29, 0.717) is 80.4 Å². The Morgan fingerprint density at radius 3 is 2.66 bits per heavy atom. The molecule has 3 atom stereocenters. The second-order valence-corrected chi connectivity index (χ2v) is 16.4. The van der Waals surface area contributed by atoms with Gasteiger partial charge in [-0.1, -0.05) is 11.6 Å². The largest absolute Gasteiger partial charge is 0.522 e. The predicted molar refractivity (Wildman–Crippen MR) is 187 cm³/mol. The van der Waals surface area contributed by atoms with Crippen LogP contribution in [0.2, 0.25) is 5.02 Å². The summed E-state index contributed by atoms with van der Waals surface area (Å²) in [6, 6.07) is 5.60. The van der Waals surface area contributed by atoms with E-state index >= 15 is 0 Å². The summed E-state index contributed by atoms with van der Waals surface area (Å²) in [6.45, 7) is 5.54. The molecule has 0 saturated carbocycles. The van der Waals surface area contributed by atoms with Crippen LogP contribution in [-0.2, 0) is 34.1 Å². The number of amides is 1. The number of aromatic nitrogens is 2. The van der Waals surface area contributed by atoms with Crippen LogP contribution in [0.3, 0.4) is 0 Å². The summed E-state index contributed by atoms with van der Waals surface area (Å²) in [6.07, 6.45) is -1.32. The van der Waals surface area contributed by atoms with Crippen LogP contribution in [0.15, 0.2) is 28.4 Å². The lowest BCUT2D eigenvalue weighted by Crippen LogP contribution is -2.48.